The number of amides is 1. The van der Waals surface area contributed by atoms with Crippen molar-refractivity contribution in [2.75, 3.05) is 13.2 Å². The van der Waals surface area contributed by atoms with Gasteiger partial charge in [0.2, 0.25) is 0 Å². The summed E-state index contributed by atoms with van der Waals surface area (Å²) in [7, 11) is 0. The minimum atomic E-state index is -0.349. The molecule has 6 nitrogen and oxygen atoms in total. The van der Waals surface area contributed by atoms with Gasteiger partial charge >= 0.3 is 0 Å². The second-order valence-corrected chi connectivity index (χ2v) is 6.50. The van der Waals surface area contributed by atoms with Gasteiger partial charge in [-0.1, -0.05) is 50.1 Å². The van der Waals surface area contributed by atoms with Gasteiger partial charge in [0, 0.05) is 30.3 Å². The topological polar surface area (TPSA) is 88.8 Å². The largest absolute Gasteiger partial charge is 0.507 e. The van der Waals surface area contributed by atoms with Crippen LogP contribution in [-0.2, 0) is 4.79 Å². The summed E-state index contributed by atoms with van der Waals surface area (Å²) in [4.78, 5) is 24.3. The van der Waals surface area contributed by atoms with Crippen LogP contribution in [0.3, 0.4) is 0 Å². The van der Waals surface area contributed by atoms with Crippen LogP contribution in [0.15, 0.2) is 57.7 Å². The fourth-order valence-electron chi connectivity index (χ4n) is 2.87. The molecule has 2 N–H and O–H groups in total. The van der Waals surface area contributed by atoms with Crippen molar-refractivity contribution in [2.45, 2.75) is 26.2 Å². The smallest absolute Gasteiger partial charge is 0.257 e. The fourth-order valence-corrected chi connectivity index (χ4v) is 2.87. The lowest BCUT2D eigenvalue weighted by atomic mass is 10.1. The van der Waals surface area contributed by atoms with E-state index in [2.05, 4.69) is 12.2 Å². The maximum absolute atomic E-state index is 12.4. The highest BCUT2D eigenvalue weighted by molar-refractivity contribution is 5.86. The maximum atomic E-state index is 12.4. The minimum Gasteiger partial charge on any atom is -0.507 e. The van der Waals surface area contributed by atoms with Gasteiger partial charge in [-0.2, -0.15) is 0 Å². The van der Waals surface area contributed by atoms with Crippen LogP contribution in [-0.4, -0.2) is 24.2 Å². The third-order valence-corrected chi connectivity index (χ3v) is 4.31. The molecule has 28 heavy (non-hydrogen) atoms. The molecule has 0 saturated heterocycles. The molecule has 0 fully saturated rings. The third kappa shape index (κ3) is 4.71. The van der Waals surface area contributed by atoms with Gasteiger partial charge in [0.15, 0.2) is 12.0 Å². The number of benzene rings is 2. The zero-order valence-electron chi connectivity index (χ0n) is 15.7. The van der Waals surface area contributed by atoms with Crippen molar-refractivity contribution in [3.05, 3.63) is 58.8 Å². The van der Waals surface area contributed by atoms with Crippen molar-refractivity contribution in [3.8, 4) is 22.8 Å². The molecule has 1 heterocycles. The van der Waals surface area contributed by atoms with E-state index in [-0.39, 0.29) is 40.4 Å². The van der Waals surface area contributed by atoms with E-state index in [1.54, 1.807) is 0 Å². The van der Waals surface area contributed by atoms with Crippen LogP contribution >= 0.6 is 0 Å². The van der Waals surface area contributed by atoms with Crippen LogP contribution in [0, 0.1) is 0 Å². The first kappa shape index (κ1) is 19.5. The van der Waals surface area contributed by atoms with Crippen LogP contribution in [0.2, 0.25) is 0 Å². The van der Waals surface area contributed by atoms with Gasteiger partial charge in [0.1, 0.15) is 28.2 Å². The molecule has 0 spiro atoms. The Morgan fingerprint density at radius 3 is 2.68 bits per heavy atom. The number of hydrogen-bond acceptors (Lipinski definition) is 5. The quantitative estimate of drug-likeness (QED) is 0.579. The predicted molar refractivity (Wildman–Crippen MR) is 108 cm³/mol. The Bertz CT molecular complexity index is 1010. The molecular weight excluding hydrogens is 358 g/mol. The number of phenolic OH excluding ortho intramolecular Hbond substituents is 1. The minimum absolute atomic E-state index is 0.0797. The van der Waals surface area contributed by atoms with Gasteiger partial charge in [-0.25, -0.2) is 0 Å². The zero-order chi connectivity index (χ0) is 19.9. The molecule has 0 bridgehead atoms. The molecule has 0 aliphatic heterocycles. The highest BCUT2D eigenvalue weighted by atomic mass is 16.5. The molecule has 6 heteroatoms. The summed E-state index contributed by atoms with van der Waals surface area (Å²) in [5.41, 5.74) is 0.598. The van der Waals surface area contributed by atoms with Crippen molar-refractivity contribution in [1.82, 2.24) is 5.32 Å². The molecule has 1 amide bonds. The van der Waals surface area contributed by atoms with Crippen molar-refractivity contribution in [3.63, 3.8) is 0 Å². The summed E-state index contributed by atoms with van der Waals surface area (Å²) in [5, 5.41) is 13.1. The van der Waals surface area contributed by atoms with Gasteiger partial charge in [0.25, 0.3) is 5.91 Å². The third-order valence-electron chi connectivity index (χ3n) is 4.31. The molecule has 0 unspecified atom stereocenters. The number of ether oxygens (including phenoxy) is 1. The van der Waals surface area contributed by atoms with Crippen LogP contribution in [0.1, 0.15) is 26.2 Å². The first-order valence-electron chi connectivity index (χ1n) is 9.34. The Hall–Kier alpha value is -3.28. The average Bonchev–Trinajstić information content (AvgIpc) is 2.69. The van der Waals surface area contributed by atoms with E-state index in [9.17, 15) is 14.7 Å². The molecule has 0 radical (unpaired) electrons. The van der Waals surface area contributed by atoms with Crippen LogP contribution in [0.5, 0.6) is 11.5 Å². The molecule has 3 aromatic rings. The lowest BCUT2D eigenvalue weighted by Gasteiger charge is -2.10. The Morgan fingerprint density at radius 2 is 1.93 bits per heavy atom. The summed E-state index contributed by atoms with van der Waals surface area (Å²) >= 11 is 0. The molecule has 0 aliphatic carbocycles. The van der Waals surface area contributed by atoms with E-state index in [4.69, 9.17) is 9.15 Å². The maximum Gasteiger partial charge on any atom is 0.257 e. The van der Waals surface area contributed by atoms with Gasteiger partial charge in [-0.15, -0.1) is 0 Å². The van der Waals surface area contributed by atoms with E-state index in [1.807, 2.05) is 30.3 Å². The summed E-state index contributed by atoms with van der Waals surface area (Å²) in [6.07, 6.45) is 3.06. The van der Waals surface area contributed by atoms with Crippen molar-refractivity contribution < 1.29 is 19.1 Å². The number of unbranched alkanes of at least 4 members (excludes halogenated alkanes) is 2. The highest BCUT2D eigenvalue weighted by Crippen LogP contribution is 2.31. The second-order valence-electron chi connectivity index (χ2n) is 6.50. The summed E-state index contributed by atoms with van der Waals surface area (Å²) in [6, 6.07) is 13.4. The number of aromatic hydroxyl groups is 1. The molecule has 1 aromatic heterocycles. The molecule has 0 aliphatic rings. The van der Waals surface area contributed by atoms with E-state index in [0.717, 1.165) is 24.8 Å². The molecule has 0 atom stereocenters. The number of rotatable bonds is 8. The predicted octanol–water partition coefficient (Wildman–Crippen LogP) is 3.85. The fraction of sp³-hybridized carbons (Fsp3) is 0.273. The van der Waals surface area contributed by atoms with Crippen LogP contribution in [0.4, 0.5) is 0 Å². The highest BCUT2D eigenvalue weighted by Gasteiger charge is 2.13. The Morgan fingerprint density at radius 1 is 1.14 bits per heavy atom. The SMILES string of the molecule is CCCCCNC(=O)COc1cc(O)c2c(=O)cc(-c3ccccc3)oc2c1. The monoisotopic (exact) mass is 381 g/mol. The summed E-state index contributed by atoms with van der Waals surface area (Å²) in [5.74, 6) is 0.157. The molecule has 146 valence electrons. The Balaban J connectivity index is 1.79. The lowest BCUT2D eigenvalue weighted by Crippen LogP contribution is -2.29. The summed E-state index contributed by atoms with van der Waals surface area (Å²) in [6.45, 7) is 2.52. The molecule has 0 saturated carbocycles. The second kappa shape index (κ2) is 9.08. The van der Waals surface area contributed by atoms with Crippen molar-refractivity contribution in [2.24, 2.45) is 0 Å². The van der Waals surface area contributed by atoms with Crippen LogP contribution < -0.4 is 15.5 Å². The zero-order valence-corrected chi connectivity index (χ0v) is 15.7. The van der Waals surface area contributed by atoms with Gasteiger partial charge < -0.3 is 19.6 Å². The number of carbonyl (C=O) groups excluding carboxylic acids is 1. The molecule has 2 aromatic carbocycles. The van der Waals surface area contributed by atoms with E-state index >= 15 is 0 Å². The normalized spacial score (nSPS) is 10.8. The van der Waals surface area contributed by atoms with E-state index in [0.29, 0.717) is 12.3 Å². The average molecular weight is 381 g/mol. The summed E-state index contributed by atoms with van der Waals surface area (Å²) < 4.78 is 11.3. The van der Waals surface area contributed by atoms with Gasteiger partial charge in [0.05, 0.1) is 0 Å². The number of carbonyl (C=O) groups is 1. The van der Waals surface area contributed by atoms with Crippen molar-refractivity contribution >= 4 is 16.9 Å². The van der Waals surface area contributed by atoms with Crippen LogP contribution in [0.25, 0.3) is 22.3 Å². The van der Waals surface area contributed by atoms with Crippen molar-refractivity contribution in [1.29, 1.82) is 0 Å². The lowest BCUT2D eigenvalue weighted by molar-refractivity contribution is -0.123. The van der Waals surface area contributed by atoms with Gasteiger partial charge in [-0.3, -0.25) is 9.59 Å². The number of phenols is 1. The Labute approximate surface area is 162 Å². The number of nitrogens with one attached hydrogen (secondary N) is 1. The van der Waals surface area contributed by atoms with E-state index < -0.39 is 0 Å². The number of fused-ring (bicyclic) bond motifs is 1. The molecule has 3 rings (SSSR count). The standard InChI is InChI=1S/C22H23NO5/c1-2-3-7-10-23-21(26)14-27-16-11-17(24)22-18(25)13-19(28-20(22)12-16)15-8-5-4-6-9-15/h4-6,8-9,11-13,24H,2-3,7,10,14H2,1H3,(H,23,26). The first-order valence-corrected chi connectivity index (χ1v) is 9.34. The van der Waals surface area contributed by atoms with E-state index in [1.165, 1.54) is 18.2 Å². The molecular formula is C22H23NO5. The Kier molecular flexibility index (Phi) is 6.32. The van der Waals surface area contributed by atoms with Gasteiger partial charge in [-0.05, 0) is 6.42 Å². The number of hydrogen-bond donors (Lipinski definition) is 2. The first-order chi connectivity index (χ1) is 13.6.